The van der Waals surface area contributed by atoms with E-state index in [1.54, 1.807) is 0 Å². The van der Waals surface area contributed by atoms with Gasteiger partial charge in [0.05, 0.1) is 0 Å². The lowest BCUT2D eigenvalue weighted by Gasteiger charge is -2.15. The molecule has 0 heterocycles. The Labute approximate surface area is 125 Å². The van der Waals surface area contributed by atoms with Gasteiger partial charge in [-0.3, -0.25) is 4.79 Å². The Kier molecular flexibility index (Phi) is 9.73. The van der Waals surface area contributed by atoms with Crippen LogP contribution in [-0.2, 0) is 4.79 Å². The number of nitrogens with one attached hydrogen (secondary N) is 1. The topological polar surface area (TPSA) is 55.1 Å². The van der Waals surface area contributed by atoms with E-state index in [2.05, 4.69) is 12.2 Å². The second-order valence-electron chi connectivity index (χ2n) is 6.33. The SMILES string of the molecule is CCCCCCCCCCCC(=O)NC(CN)C1CC1. The van der Waals surface area contributed by atoms with Crippen LogP contribution in [0.3, 0.4) is 0 Å². The third-order valence-electron chi connectivity index (χ3n) is 4.30. The Morgan fingerprint density at radius 3 is 2.10 bits per heavy atom. The summed E-state index contributed by atoms with van der Waals surface area (Å²) in [4.78, 5) is 11.8. The van der Waals surface area contributed by atoms with Gasteiger partial charge < -0.3 is 11.1 Å². The molecule has 20 heavy (non-hydrogen) atoms. The number of carbonyl (C=O) groups excluding carboxylic acids is 1. The van der Waals surface area contributed by atoms with E-state index >= 15 is 0 Å². The summed E-state index contributed by atoms with van der Waals surface area (Å²) in [6.07, 6.45) is 14.8. The summed E-state index contributed by atoms with van der Waals surface area (Å²) in [5.41, 5.74) is 5.69. The summed E-state index contributed by atoms with van der Waals surface area (Å²) < 4.78 is 0. The number of hydrogen-bond donors (Lipinski definition) is 2. The van der Waals surface area contributed by atoms with Gasteiger partial charge in [0, 0.05) is 19.0 Å². The molecular formula is C17H34N2O. The minimum atomic E-state index is 0.204. The third-order valence-corrected chi connectivity index (χ3v) is 4.30. The Hall–Kier alpha value is -0.570. The van der Waals surface area contributed by atoms with Gasteiger partial charge in [0.25, 0.3) is 0 Å². The van der Waals surface area contributed by atoms with Crippen LogP contribution in [0, 0.1) is 5.92 Å². The van der Waals surface area contributed by atoms with E-state index in [9.17, 15) is 4.79 Å². The van der Waals surface area contributed by atoms with Crippen molar-refractivity contribution in [1.82, 2.24) is 5.32 Å². The fourth-order valence-electron chi connectivity index (χ4n) is 2.74. The number of hydrogen-bond acceptors (Lipinski definition) is 2. The van der Waals surface area contributed by atoms with E-state index in [1.165, 1.54) is 64.2 Å². The molecule has 1 aliphatic carbocycles. The van der Waals surface area contributed by atoms with E-state index in [4.69, 9.17) is 5.73 Å². The van der Waals surface area contributed by atoms with E-state index < -0.39 is 0 Å². The molecule has 1 unspecified atom stereocenters. The Bertz CT molecular complexity index is 251. The van der Waals surface area contributed by atoms with Crippen LogP contribution in [0.1, 0.15) is 84.0 Å². The average Bonchev–Trinajstić information content (AvgIpc) is 3.27. The second kappa shape index (κ2) is 11.1. The smallest absolute Gasteiger partial charge is 0.220 e. The Morgan fingerprint density at radius 2 is 1.60 bits per heavy atom. The number of rotatable bonds is 13. The van der Waals surface area contributed by atoms with Crippen molar-refractivity contribution in [3.05, 3.63) is 0 Å². The number of unbranched alkanes of at least 4 members (excludes halogenated alkanes) is 8. The first-order chi connectivity index (χ1) is 9.77. The summed E-state index contributed by atoms with van der Waals surface area (Å²) in [6, 6.07) is 0.237. The third kappa shape index (κ3) is 8.57. The summed E-state index contributed by atoms with van der Waals surface area (Å²) in [6.45, 7) is 2.84. The van der Waals surface area contributed by atoms with Crippen LogP contribution >= 0.6 is 0 Å². The van der Waals surface area contributed by atoms with Crippen LogP contribution < -0.4 is 11.1 Å². The highest BCUT2D eigenvalue weighted by Gasteiger charge is 2.30. The van der Waals surface area contributed by atoms with Crippen molar-refractivity contribution in [3.8, 4) is 0 Å². The van der Waals surface area contributed by atoms with Gasteiger partial charge >= 0.3 is 0 Å². The normalized spacial score (nSPS) is 16.1. The lowest BCUT2D eigenvalue weighted by Crippen LogP contribution is -2.41. The maximum atomic E-state index is 11.8. The van der Waals surface area contributed by atoms with Crippen molar-refractivity contribution in [2.75, 3.05) is 6.54 Å². The fraction of sp³-hybridized carbons (Fsp3) is 0.941. The highest BCUT2D eigenvalue weighted by atomic mass is 16.1. The monoisotopic (exact) mass is 282 g/mol. The van der Waals surface area contributed by atoms with Crippen LogP contribution in [0.2, 0.25) is 0 Å². The van der Waals surface area contributed by atoms with Crippen LogP contribution in [0.5, 0.6) is 0 Å². The van der Waals surface area contributed by atoms with Crippen LogP contribution in [0.25, 0.3) is 0 Å². The molecule has 3 heteroatoms. The van der Waals surface area contributed by atoms with Gasteiger partial charge in [0.15, 0.2) is 0 Å². The quantitative estimate of drug-likeness (QED) is 0.505. The molecule has 1 saturated carbocycles. The molecule has 118 valence electrons. The van der Waals surface area contributed by atoms with Crippen molar-refractivity contribution >= 4 is 5.91 Å². The molecule has 1 amide bonds. The molecule has 0 aromatic rings. The van der Waals surface area contributed by atoms with Crippen molar-refractivity contribution in [2.45, 2.75) is 90.0 Å². The van der Waals surface area contributed by atoms with E-state index in [0.717, 1.165) is 6.42 Å². The van der Waals surface area contributed by atoms with Gasteiger partial charge in [0.1, 0.15) is 0 Å². The summed E-state index contributed by atoms with van der Waals surface area (Å²) in [5, 5.41) is 3.09. The number of nitrogens with two attached hydrogens (primary N) is 1. The molecule has 1 fully saturated rings. The van der Waals surface area contributed by atoms with Gasteiger partial charge in [-0.25, -0.2) is 0 Å². The number of amides is 1. The lowest BCUT2D eigenvalue weighted by molar-refractivity contribution is -0.122. The fourth-order valence-corrected chi connectivity index (χ4v) is 2.74. The second-order valence-corrected chi connectivity index (χ2v) is 6.33. The van der Waals surface area contributed by atoms with Gasteiger partial charge in [-0.1, -0.05) is 58.3 Å². The highest BCUT2D eigenvalue weighted by Crippen LogP contribution is 2.32. The van der Waals surface area contributed by atoms with Crippen LogP contribution in [0.4, 0.5) is 0 Å². The Balaban J connectivity index is 1.86. The minimum Gasteiger partial charge on any atom is -0.352 e. The van der Waals surface area contributed by atoms with Crippen molar-refractivity contribution in [2.24, 2.45) is 11.7 Å². The first-order valence-electron chi connectivity index (χ1n) is 8.77. The molecule has 1 rings (SSSR count). The zero-order valence-electron chi connectivity index (χ0n) is 13.3. The maximum absolute atomic E-state index is 11.8. The first-order valence-corrected chi connectivity index (χ1v) is 8.77. The predicted octanol–water partition coefficient (Wildman–Crippen LogP) is 3.76. The first kappa shape index (κ1) is 17.5. The predicted molar refractivity (Wildman–Crippen MR) is 85.6 cm³/mol. The number of carbonyl (C=O) groups is 1. The molecule has 1 atom stereocenters. The standard InChI is InChI=1S/C17H34N2O/c1-2-3-4-5-6-7-8-9-10-11-17(20)19-16(14-18)15-12-13-15/h15-16H,2-14,18H2,1H3,(H,19,20). The molecule has 0 radical (unpaired) electrons. The molecule has 3 N–H and O–H groups in total. The summed E-state index contributed by atoms with van der Waals surface area (Å²) in [5.74, 6) is 0.863. The van der Waals surface area contributed by atoms with E-state index in [-0.39, 0.29) is 11.9 Å². The van der Waals surface area contributed by atoms with Gasteiger partial charge in [-0.2, -0.15) is 0 Å². The molecule has 3 nitrogen and oxygen atoms in total. The van der Waals surface area contributed by atoms with E-state index in [0.29, 0.717) is 18.9 Å². The zero-order valence-corrected chi connectivity index (χ0v) is 13.3. The van der Waals surface area contributed by atoms with Crippen molar-refractivity contribution in [3.63, 3.8) is 0 Å². The lowest BCUT2D eigenvalue weighted by atomic mass is 10.1. The van der Waals surface area contributed by atoms with E-state index in [1.807, 2.05) is 0 Å². The Morgan fingerprint density at radius 1 is 1.05 bits per heavy atom. The summed E-state index contributed by atoms with van der Waals surface area (Å²) >= 11 is 0. The zero-order chi connectivity index (χ0) is 14.6. The van der Waals surface area contributed by atoms with Crippen LogP contribution in [-0.4, -0.2) is 18.5 Å². The molecule has 0 bridgehead atoms. The molecule has 0 spiro atoms. The highest BCUT2D eigenvalue weighted by molar-refractivity contribution is 5.76. The largest absolute Gasteiger partial charge is 0.352 e. The van der Waals surface area contributed by atoms with Gasteiger partial charge in [-0.05, 0) is 25.2 Å². The molecular weight excluding hydrogens is 248 g/mol. The average molecular weight is 282 g/mol. The molecule has 0 aliphatic heterocycles. The summed E-state index contributed by atoms with van der Waals surface area (Å²) in [7, 11) is 0. The molecule has 0 aromatic carbocycles. The van der Waals surface area contributed by atoms with Crippen molar-refractivity contribution in [1.29, 1.82) is 0 Å². The van der Waals surface area contributed by atoms with Crippen LogP contribution in [0.15, 0.2) is 0 Å². The van der Waals surface area contributed by atoms with Gasteiger partial charge in [-0.15, -0.1) is 0 Å². The minimum absolute atomic E-state index is 0.204. The molecule has 0 aromatic heterocycles. The van der Waals surface area contributed by atoms with Gasteiger partial charge in [0.2, 0.25) is 5.91 Å². The maximum Gasteiger partial charge on any atom is 0.220 e. The molecule has 1 aliphatic rings. The molecule has 0 saturated heterocycles. The van der Waals surface area contributed by atoms with Crippen molar-refractivity contribution < 1.29 is 4.79 Å².